The molecule has 2 heteroatoms. The number of hydrogen-bond acceptors (Lipinski definition) is 2. The Morgan fingerprint density at radius 2 is 1.85 bits per heavy atom. The maximum Gasteiger partial charge on any atom is 0.121 e. The molecule has 0 radical (unpaired) electrons. The third-order valence-corrected chi connectivity index (χ3v) is 5.12. The Morgan fingerprint density at radius 1 is 1.19 bits per heavy atom. The molecule has 0 fully saturated rings. The fourth-order valence-corrected chi connectivity index (χ4v) is 3.68. The molecular weight excluding hydrogens is 332 g/mol. The summed E-state index contributed by atoms with van der Waals surface area (Å²) >= 11 is 0. The molecule has 0 aromatic heterocycles. The van der Waals surface area contributed by atoms with Crippen LogP contribution in [0, 0.1) is 13.8 Å². The van der Waals surface area contributed by atoms with Crippen LogP contribution in [0.3, 0.4) is 0 Å². The van der Waals surface area contributed by atoms with Crippen molar-refractivity contribution >= 4 is 11.6 Å². The highest BCUT2D eigenvalue weighted by atomic mass is 16.5. The zero-order valence-corrected chi connectivity index (χ0v) is 16.5. The van der Waals surface area contributed by atoms with Crippen LogP contribution in [0.25, 0.3) is 11.6 Å². The van der Waals surface area contributed by atoms with Crippen molar-refractivity contribution < 1.29 is 9.84 Å². The summed E-state index contributed by atoms with van der Waals surface area (Å²) < 4.78 is 5.90. The molecule has 0 saturated carbocycles. The van der Waals surface area contributed by atoms with E-state index in [1.54, 1.807) is 0 Å². The van der Waals surface area contributed by atoms with Gasteiger partial charge < -0.3 is 9.84 Å². The second kappa shape index (κ2) is 8.41. The van der Waals surface area contributed by atoms with Crippen LogP contribution in [0.2, 0.25) is 0 Å². The van der Waals surface area contributed by atoms with Crippen LogP contribution >= 0.6 is 0 Å². The molecule has 0 spiro atoms. The minimum Gasteiger partial charge on any atom is -0.507 e. The molecule has 1 N–H and O–H groups in total. The number of benzene rings is 2. The predicted molar refractivity (Wildman–Crippen MR) is 114 cm³/mol. The Hall–Kier alpha value is -2.58. The third-order valence-electron chi connectivity index (χ3n) is 5.12. The predicted octanol–water partition coefficient (Wildman–Crippen LogP) is 6.23. The lowest BCUT2D eigenvalue weighted by Gasteiger charge is -2.17. The number of phenols is 1. The summed E-state index contributed by atoms with van der Waals surface area (Å²) in [5.74, 6) is 0.379. The molecule has 2 aromatic rings. The Balaban J connectivity index is 1.88. The summed E-state index contributed by atoms with van der Waals surface area (Å²) in [5.41, 5.74) is 7.74. The molecule has 1 unspecified atom stereocenters. The van der Waals surface area contributed by atoms with Crippen molar-refractivity contribution in [3.63, 3.8) is 0 Å². The lowest BCUT2D eigenvalue weighted by atomic mass is 9.93. The molecule has 2 aromatic carbocycles. The normalized spacial score (nSPS) is 17.1. The lowest BCUT2D eigenvalue weighted by Crippen LogP contribution is -2.11. The average molecular weight is 360 g/mol. The van der Waals surface area contributed by atoms with E-state index < -0.39 is 0 Å². The van der Waals surface area contributed by atoms with Gasteiger partial charge in [0.25, 0.3) is 0 Å². The van der Waals surface area contributed by atoms with Gasteiger partial charge in [0.15, 0.2) is 0 Å². The molecule has 0 saturated heterocycles. The van der Waals surface area contributed by atoms with Gasteiger partial charge in [0.05, 0.1) is 12.7 Å². The number of ether oxygens (including phenoxy) is 1. The number of aromatic hydroxyl groups is 1. The van der Waals surface area contributed by atoms with E-state index in [1.807, 2.05) is 39.0 Å². The number of phenolic OH excluding ortho intramolecular Hbond substituents is 1. The maximum atomic E-state index is 10.1. The van der Waals surface area contributed by atoms with E-state index in [2.05, 4.69) is 43.0 Å². The van der Waals surface area contributed by atoms with Crippen molar-refractivity contribution in [2.24, 2.45) is 0 Å². The summed E-state index contributed by atoms with van der Waals surface area (Å²) in [6.45, 7) is 10.7. The molecule has 1 aliphatic rings. The highest BCUT2D eigenvalue weighted by molar-refractivity contribution is 5.82. The van der Waals surface area contributed by atoms with Crippen LogP contribution < -0.4 is 0 Å². The monoisotopic (exact) mass is 360 g/mol. The quantitative estimate of drug-likeness (QED) is 0.619. The van der Waals surface area contributed by atoms with Crippen molar-refractivity contribution in [3.8, 4) is 5.75 Å². The Kier molecular flexibility index (Phi) is 5.98. The largest absolute Gasteiger partial charge is 0.507 e. The lowest BCUT2D eigenvalue weighted by molar-refractivity contribution is 0.117. The molecule has 3 rings (SSSR count). The first-order valence-corrected chi connectivity index (χ1v) is 9.49. The van der Waals surface area contributed by atoms with E-state index in [9.17, 15) is 5.11 Å². The summed E-state index contributed by atoms with van der Waals surface area (Å²) in [4.78, 5) is 0. The zero-order chi connectivity index (χ0) is 19.4. The van der Waals surface area contributed by atoms with Crippen LogP contribution in [0.4, 0.5) is 0 Å². The van der Waals surface area contributed by atoms with Gasteiger partial charge in [0, 0.05) is 0 Å². The van der Waals surface area contributed by atoms with Crippen LogP contribution in [0.15, 0.2) is 66.3 Å². The number of aryl methyl sites for hydroxylation is 2. The summed E-state index contributed by atoms with van der Waals surface area (Å²) in [7, 11) is 0. The van der Waals surface area contributed by atoms with Crippen molar-refractivity contribution in [1.29, 1.82) is 0 Å². The van der Waals surface area contributed by atoms with Crippen molar-refractivity contribution in [2.45, 2.75) is 39.7 Å². The van der Waals surface area contributed by atoms with Gasteiger partial charge in [0.2, 0.25) is 0 Å². The topological polar surface area (TPSA) is 29.5 Å². The number of rotatable bonds is 6. The first-order chi connectivity index (χ1) is 13.0. The van der Waals surface area contributed by atoms with E-state index in [-0.39, 0.29) is 6.10 Å². The fraction of sp³-hybridized carbons (Fsp3) is 0.280. The minimum atomic E-state index is 0.123. The van der Waals surface area contributed by atoms with E-state index in [0.29, 0.717) is 12.4 Å². The van der Waals surface area contributed by atoms with Gasteiger partial charge in [-0.1, -0.05) is 54.6 Å². The average Bonchev–Trinajstić information content (AvgIpc) is 3.12. The van der Waals surface area contributed by atoms with Gasteiger partial charge in [0.1, 0.15) is 5.75 Å². The Labute approximate surface area is 162 Å². The van der Waals surface area contributed by atoms with Crippen molar-refractivity contribution in [3.05, 3.63) is 88.5 Å². The van der Waals surface area contributed by atoms with Gasteiger partial charge in [-0.15, -0.1) is 0 Å². The first-order valence-electron chi connectivity index (χ1n) is 9.49. The van der Waals surface area contributed by atoms with Crippen LogP contribution in [-0.2, 0) is 4.74 Å². The molecule has 2 nitrogen and oxygen atoms in total. The molecule has 0 bridgehead atoms. The van der Waals surface area contributed by atoms with Gasteiger partial charge in [-0.3, -0.25) is 0 Å². The highest BCUT2D eigenvalue weighted by Crippen LogP contribution is 2.31. The third kappa shape index (κ3) is 4.58. The van der Waals surface area contributed by atoms with Gasteiger partial charge in [-0.05, 0) is 79.1 Å². The van der Waals surface area contributed by atoms with Crippen molar-refractivity contribution in [2.75, 3.05) is 6.61 Å². The second-order valence-electron chi connectivity index (χ2n) is 7.34. The molecule has 0 aliphatic carbocycles. The maximum absolute atomic E-state index is 10.1. The molecule has 0 amide bonds. The summed E-state index contributed by atoms with van der Waals surface area (Å²) in [5, 5.41) is 10.1. The number of hydrogen-bond donors (Lipinski definition) is 1. The van der Waals surface area contributed by atoms with Crippen LogP contribution in [0.1, 0.15) is 42.0 Å². The summed E-state index contributed by atoms with van der Waals surface area (Å²) in [6, 6.07) is 14.6. The van der Waals surface area contributed by atoms with Gasteiger partial charge >= 0.3 is 0 Å². The smallest absolute Gasteiger partial charge is 0.121 e. The van der Waals surface area contributed by atoms with Gasteiger partial charge in [-0.2, -0.15) is 0 Å². The van der Waals surface area contributed by atoms with E-state index in [0.717, 1.165) is 35.1 Å². The van der Waals surface area contributed by atoms with E-state index in [1.165, 1.54) is 16.7 Å². The molecule has 140 valence electrons. The van der Waals surface area contributed by atoms with E-state index in [4.69, 9.17) is 4.74 Å². The van der Waals surface area contributed by atoms with Crippen LogP contribution in [-0.4, -0.2) is 17.8 Å². The Morgan fingerprint density at radius 3 is 2.48 bits per heavy atom. The molecular formula is C25H28O2. The standard InChI is InChI=1S/C25H28O2/c1-17(2)23-12-13-27-24(23)11-10-22(21-8-6-5-7-9-21)16-20-14-18(3)25(26)19(4)15-20/h5-9,12,14-16,24,26H,1,10-11,13H2,2-4H3/b22-16-. The summed E-state index contributed by atoms with van der Waals surface area (Å²) in [6.07, 6.45) is 6.34. The molecule has 27 heavy (non-hydrogen) atoms. The molecule has 1 heterocycles. The highest BCUT2D eigenvalue weighted by Gasteiger charge is 2.20. The van der Waals surface area contributed by atoms with Crippen LogP contribution in [0.5, 0.6) is 5.75 Å². The SMILES string of the molecule is C=C(C)C1=CCOC1CC/C(=C/c1cc(C)c(O)c(C)c1)c1ccccc1. The first kappa shape index (κ1) is 19.2. The molecule has 1 atom stereocenters. The zero-order valence-electron chi connectivity index (χ0n) is 16.5. The molecule has 1 aliphatic heterocycles. The van der Waals surface area contributed by atoms with E-state index >= 15 is 0 Å². The van der Waals surface area contributed by atoms with Crippen molar-refractivity contribution in [1.82, 2.24) is 0 Å². The minimum absolute atomic E-state index is 0.123. The number of allylic oxidation sites excluding steroid dienone is 1. The van der Waals surface area contributed by atoms with Gasteiger partial charge in [-0.25, -0.2) is 0 Å². The fourth-order valence-electron chi connectivity index (χ4n) is 3.68. The Bertz CT molecular complexity index is 865. The second-order valence-corrected chi connectivity index (χ2v) is 7.34.